The predicted molar refractivity (Wildman–Crippen MR) is 95.0 cm³/mol. The third-order valence-corrected chi connectivity index (χ3v) is 5.91. The SMILES string of the molecule is Cc1ccccc1C1CCN(C(=O)NS(=O)(=O)c2ncccc2C(F)F)C1. The zero-order valence-corrected chi connectivity index (χ0v) is 15.4. The zero-order chi connectivity index (χ0) is 19.6. The molecule has 0 spiro atoms. The minimum absolute atomic E-state index is 0.103. The topological polar surface area (TPSA) is 79.4 Å². The van der Waals surface area contributed by atoms with Crippen LogP contribution in [0.1, 0.15) is 35.5 Å². The van der Waals surface area contributed by atoms with Gasteiger partial charge in [0.25, 0.3) is 16.4 Å². The first-order valence-corrected chi connectivity index (χ1v) is 9.88. The van der Waals surface area contributed by atoms with E-state index in [1.807, 2.05) is 35.9 Å². The molecule has 1 aromatic carbocycles. The summed E-state index contributed by atoms with van der Waals surface area (Å²) >= 11 is 0. The van der Waals surface area contributed by atoms with E-state index in [1.54, 1.807) is 0 Å². The maximum absolute atomic E-state index is 13.0. The molecule has 27 heavy (non-hydrogen) atoms. The molecular weight excluding hydrogens is 376 g/mol. The number of amides is 2. The number of hydrogen-bond acceptors (Lipinski definition) is 4. The summed E-state index contributed by atoms with van der Waals surface area (Å²) in [6.07, 6.45) is -1.23. The molecule has 1 saturated heterocycles. The monoisotopic (exact) mass is 395 g/mol. The molecule has 9 heteroatoms. The van der Waals surface area contributed by atoms with Gasteiger partial charge >= 0.3 is 6.03 Å². The normalized spacial score (nSPS) is 17.3. The van der Waals surface area contributed by atoms with E-state index >= 15 is 0 Å². The standard InChI is InChI=1S/C18H19F2N3O3S/c1-12-5-2-3-6-14(12)13-8-10-23(11-13)18(24)22-27(25,26)17-15(16(19)20)7-4-9-21-17/h2-7,9,13,16H,8,10-11H2,1H3,(H,22,24). The predicted octanol–water partition coefficient (Wildman–Crippen LogP) is 3.22. The molecule has 2 amide bonds. The molecule has 0 saturated carbocycles. The van der Waals surface area contributed by atoms with Gasteiger partial charge in [-0.15, -0.1) is 0 Å². The smallest absolute Gasteiger partial charge is 0.323 e. The number of nitrogens with zero attached hydrogens (tertiary/aromatic N) is 2. The van der Waals surface area contributed by atoms with Crippen molar-refractivity contribution in [2.45, 2.75) is 30.7 Å². The van der Waals surface area contributed by atoms with Crippen LogP contribution in [-0.4, -0.2) is 37.4 Å². The highest BCUT2D eigenvalue weighted by molar-refractivity contribution is 7.90. The first kappa shape index (κ1) is 19.2. The summed E-state index contributed by atoms with van der Waals surface area (Å²) in [5, 5.41) is -0.831. The van der Waals surface area contributed by atoms with E-state index in [0.717, 1.165) is 23.4 Å². The van der Waals surface area contributed by atoms with Gasteiger partial charge < -0.3 is 4.90 Å². The number of carbonyl (C=O) groups is 1. The number of aromatic nitrogens is 1. The molecule has 0 radical (unpaired) electrons. The van der Waals surface area contributed by atoms with E-state index < -0.39 is 33.1 Å². The van der Waals surface area contributed by atoms with Gasteiger partial charge in [-0.3, -0.25) is 0 Å². The van der Waals surface area contributed by atoms with Crippen LogP contribution < -0.4 is 4.72 Å². The summed E-state index contributed by atoms with van der Waals surface area (Å²) in [7, 11) is -4.50. The minimum atomic E-state index is -4.50. The summed E-state index contributed by atoms with van der Waals surface area (Å²) in [5.74, 6) is 0.103. The number of aryl methyl sites for hydroxylation is 1. The van der Waals surface area contributed by atoms with Crippen LogP contribution in [0.5, 0.6) is 0 Å². The van der Waals surface area contributed by atoms with Crippen molar-refractivity contribution in [3.05, 3.63) is 59.3 Å². The third-order valence-electron chi connectivity index (χ3n) is 4.62. The second-order valence-electron chi connectivity index (χ2n) is 6.40. The lowest BCUT2D eigenvalue weighted by atomic mass is 9.94. The van der Waals surface area contributed by atoms with E-state index in [-0.39, 0.29) is 5.92 Å². The summed E-state index contributed by atoms with van der Waals surface area (Å²) in [5.41, 5.74) is 1.48. The second-order valence-corrected chi connectivity index (χ2v) is 8.00. The van der Waals surface area contributed by atoms with Crippen molar-refractivity contribution in [1.29, 1.82) is 0 Å². The summed E-state index contributed by atoms with van der Waals surface area (Å²) in [6.45, 7) is 2.72. The summed E-state index contributed by atoms with van der Waals surface area (Å²) < 4.78 is 52.7. The number of pyridine rings is 1. The molecule has 1 aliphatic rings. The van der Waals surface area contributed by atoms with Crippen LogP contribution >= 0.6 is 0 Å². The number of halogens is 2. The quantitative estimate of drug-likeness (QED) is 0.862. The molecule has 1 atom stereocenters. The molecule has 1 fully saturated rings. The molecule has 3 rings (SSSR count). The van der Waals surface area contributed by atoms with Crippen LogP contribution in [0.2, 0.25) is 0 Å². The van der Waals surface area contributed by atoms with E-state index in [1.165, 1.54) is 11.0 Å². The first-order valence-electron chi connectivity index (χ1n) is 8.40. The largest absolute Gasteiger partial charge is 0.331 e. The average molecular weight is 395 g/mol. The van der Waals surface area contributed by atoms with Crippen LogP contribution in [-0.2, 0) is 10.0 Å². The fourth-order valence-electron chi connectivity index (χ4n) is 3.27. The minimum Gasteiger partial charge on any atom is -0.323 e. The molecule has 1 aliphatic heterocycles. The van der Waals surface area contributed by atoms with Crippen LogP contribution in [0.25, 0.3) is 0 Å². The van der Waals surface area contributed by atoms with Gasteiger partial charge in [0.05, 0.1) is 5.56 Å². The molecule has 0 aliphatic carbocycles. The van der Waals surface area contributed by atoms with E-state index in [4.69, 9.17) is 0 Å². The van der Waals surface area contributed by atoms with Crippen molar-refractivity contribution >= 4 is 16.1 Å². The lowest BCUT2D eigenvalue weighted by Crippen LogP contribution is -2.42. The highest BCUT2D eigenvalue weighted by Crippen LogP contribution is 2.30. The van der Waals surface area contributed by atoms with Gasteiger partial charge in [-0.25, -0.2) is 23.3 Å². The lowest BCUT2D eigenvalue weighted by molar-refractivity contribution is 0.147. The van der Waals surface area contributed by atoms with Crippen molar-refractivity contribution < 1.29 is 22.0 Å². The number of carbonyl (C=O) groups excluding carboxylic acids is 1. The maximum atomic E-state index is 13.0. The third kappa shape index (κ3) is 4.08. The first-order chi connectivity index (χ1) is 12.8. The van der Waals surface area contributed by atoms with E-state index in [9.17, 15) is 22.0 Å². The highest BCUT2D eigenvalue weighted by Gasteiger charge is 2.32. The highest BCUT2D eigenvalue weighted by atomic mass is 32.2. The number of nitrogens with one attached hydrogen (secondary N) is 1. The van der Waals surface area contributed by atoms with Crippen molar-refractivity contribution in [3.63, 3.8) is 0 Å². The Morgan fingerprint density at radius 2 is 2.00 bits per heavy atom. The van der Waals surface area contributed by atoms with Crippen molar-refractivity contribution in [3.8, 4) is 0 Å². The number of benzene rings is 1. The van der Waals surface area contributed by atoms with E-state index in [0.29, 0.717) is 19.5 Å². The van der Waals surface area contributed by atoms with Gasteiger partial charge in [-0.05, 0) is 36.6 Å². The number of hydrogen-bond donors (Lipinski definition) is 1. The van der Waals surface area contributed by atoms with Crippen molar-refractivity contribution in [1.82, 2.24) is 14.6 Å². The number of sulfonamides is 1. The average Bonchev–Trinajstić information content (AvgIpc) is 3.12. The fraction of sp³-hybridized carbons (Fsp3) is 0.333. The number of likely N-dealkylation sites (tertiary alicyclic amines) is 1. The van der Waals surface area contributed by atoms with Gasteiger partial charge in [-0.2, -0.15) is 8.42 Å². The Bertz CT molecular complexity index is 950. The Kier molecular flexibility index (Phi) is 5.41. The van der Waals surface area contributed by atoms with Crippen LogP contribution in [0.4, 0.5) is 13.6 Å². The summed E-state index contributed by atoms with van der Waals surface area (Å²) in [4.78, 5) is 17.3. The molecule has 144 valence electrons. The number of alkyl halides is 2. The lowest BCUT2D eigenvalue weighted by Gasteiger charge is -2.18. The number of urea groups is 1. The summed E-state index contributed by atoms with van der Waals surface area (Å²) in [6, 6.07) is 9.17. The Balaban J connectivity index is 1.74. The molecule has 2 aromatic rings. The molecule has 1 N–H and O–H groups in total. The Morgan fingerprint density at radius 1 is 1.26 bits per heavy atom. The maximum Gasteiger partial charge on any atom is 0.331 e. The molecular formula is C18H19F2N3O3S. The van der Waals surface area contributed by atoms with Gasteiger partial charge in [0.1, 0.15) is 0 Å². The Morgan fingerprint density at radius 3 is 2.70 bits per heavy atom. The molecule has 1 aromatic heterocycles. The molecule has 1 unspecified atom stereocenters. The van der Waals surface area contributed by atoms with Gasteiger partial charge in [-0.1, -0.05) is 24.3 Å². The Labute approximate surface area is 156 Å². The van der Waals surface area contributed by atoms with Gasteiger partial charge in [0.2, 0.25) is 0 Å². The van der Waals surface area contributed by atoms with Crippen LogP contribution in [0.15, 0.2) is 47.6 Å². The zero-order valence-electron chi connectivity index (χ0n) is 14.6. The van der Waals surface area contributed by atoms with Crippen LogP contribution in [0.3, 0.4) is 0 Å². The van der Waals surface area contributed by atoms with E-state index in [2.05, 4.69) is 4.98 Å². The fourth-order valence-corrected chi connectivity index (χ4v) is 4.39. The number of rotatable bonds is 4. The Hall–Kier alpha value is -2.55. The molecule has 0 bridgehead atoms. The van der Waals surface area contributed by atoms with Crippen LogP contribution in [0, 0.1) is 6.92 Å². The van der Waals surface area contributed by atoms with Gasteiger partial charge in [0, 0.05) is 25.2 Å². The van der Waals surface area contributed by atoms with Crippen molar-refractivity contribution in [2.75, 3.05) is 13.1 Å². The molecule has 6 nitrogen and oxygen atoms in total. The van der Waals surface area contributed by atoms with Gasteiger partial charge in [0.15, 0.2) is 5.03 Å². The second kappa shape index (κ2) is 7.59. The van der Waals surface area contributed by atoms with Crippen molar-refractivity contribution in [2.24, 2.45) is 0 Å². The molecule has 2 heterocycles.